The third kappa shape index (κ3) is 9.61. The number of amidine groups is 1. The molecule has 10 heteroatoms. The molecule has 0 amide bonds. The second-order valence-electron chi connectivity index (χ2n) is 6.50. The number of aryl methyl sites for hydroxylation is 1. The van der Waals surface area contributed by atoms with Crippen molar-refractivity contribution >= 4 is 23.3 Å². The summed E-state index contributed by atoms with van der Waals surface area (Å²) in [5.74, 6) is 1.23. The van der Waals surface area contributed by atoms with Gasteiger partial charge in [-0.1, -0.05) is 44.2 Å². The van der Waals surface area contributed by atoms with Crippen LogP contribution in [0.3, 0.4) is 0 Å². The maximum atomic E-state index is 12.8. The van der Waals surface area contributed by atoms with E-state index in [1.165, 1.54) is 7.05 Å². The normalized spacial score (nSPS) is 12.0. The zero-order chi connectivity index (χ0) is 24.9. The summed E-state index contributed by atoms with van der Waals surface area (Å²) in [4.78, 5) is 17.0. The lowest BCUT2D eigenvalue weighted by Gasteiger charge is -2.12. The van der Waals surface area contributed by atoms with E-state index in [1.54, 1.807) is 13.1 Å². The van der Waals surface area contributed by atoms with Gasteiger partial charge in [0.25, 0.3) is 0 Å². The van der Waals surface area contributed by atoms with E-state index in [-0.39, 0.29) is 5.84 Å². The SMILES string of the molecule is C=C/C(=C\C(=NC)NCCCNc1nc(Cc2ccccn2)nc(C)c1Cl)C(F)(F)F.CC. The first-order valence-corrected chi connectivity index (χ1v) is 10.9. The summed E-state index contributed by atoms with van der Waals surface area (Å²) < 4.78 is 38.5. The number of nitrogens with zero attached hydrogens (tertiary/aromatic N) is 4. The topological polar surface area (TPSA) is 75.1 Å². The fourth-order valence-corrected chi connectivity index (χ4v) is 2.74. The average Bonchev–Trinajstić information content (AvgIpc) is 2.79. The Kier molecular flexibility index (Phi) is 12.1. The fourth-order valence-electron chi connectivity index (χ4n) is 2.59. The Morgan fingerprint density at radius 1 is 1.21 bits per heavy atom. The second-order valence-corrected chi connectivity index (χ2v) is 6.88. The van der Waals surface area contributed by atoms with Crippen molar-refractivity contribution in [3.05, 3.63) is 70.9 Å². The van der Waals surface area contributed by atoms with Crippen LogP contribution in [0.15, 0.2) is 53.7 Å². The number of allylic oxidation sites excluding steroid dienone is 2. The zero-order valence-corrected chi connectivity index (χ0v) is 20.1. The minimum absolute atomic E-state index is 0.126. The Labute approximate surface area is 198 Å². The first-order chi connectivity index (χ1) is 15.7. The molecule has 0 bridgehead atoms. The highest BCUT2D eigenvalue weighted by Crippen LogP contribution is 2.26. The number of hydrogen-bond donors (Lipinski definition) is 2. The van der Waals surface area contributed by atoms with Gasteiger partial charge in [0.15, 0.2) is 0 Å². The molecule has 0 saturated heterocycles. The minimum Gasteiger partial charge on any atom is -0.370 e. The van der Waals surface area contributed by atoms with Crippen LogP contribution in [-0.4, -0.2) is 47.1 Å². The van der Waals surface area contributed by atoms with Crippen LogP contribution in [0.25, 0.3) is 0 Å². The smallest absolute Gasteiger partial charge is 0.370 e. The molecular weight excluding hydrogens is 453 g/mol. The Hall–Kier alpha value is -2.94. The molecule has 0 aromatic carbocycles. The number of pyridine rings is 1. The van der Waals surface area contributed by atoms with E-state index in [4.69, 9.17) is 11.6 Å². The molecule has 0 aliphatic heterocycles. The molecule has 0 fully saturated rings. The highest BCUT2D eigenvalue weighted by atomic mass is 35.5. The second kappa shape index (κ2) is 14.3. The van der Waals surface area contributed by atoms with Crippen LogP contribution in [-0.2, 0) is 6.42 Å². The molecule has 0 aliphatic rings. The van der Waals surface area contributed by atoms with Crippen molar-refractivity contribution in [1.82, 2.24) is 20.3 Å². The summed E-state index contributed by atoms with van der Waals surface area (Å²) in [5, 5.41) is 6.46. The van der Waals surface area contributed by atoms with Crippen LogP contribution in [0, 0.1) is 6.92 Å². The summed E-state index contributed by atoms with van der Waals surface area (Å²) in [6.45, 7) is 9.90. The monoisotopic (exact) mass is 482 g/mol. The maximum absolute atomic E-state index is 12.8. The third-order valence-corrected chi connectivity index (χ3v) is 4.61. The van der Waals surface area contributed by atoms with E-state index >= 15 is 0 Å². The van der Waals surface area contributed by atoms with Crippen LogP contribution >= 0.6 is 11.6 Å². The Balaban J connectivity index is 0.00000265. The van der Waals surface area contributed by atoms with Gasteiger partial charge in [-0.25, -0.2) is 9.97 Å². The number of anilines is 1. The van der Waals surface area contributed by atoms with Crippen molar-refractivity contribution in [3.8, 4) is 0 Å². The molecule has 2 aromatic rings. The Bertz CT molecular complexity index is 943. The van der Waals surface area contributed by atoms with Gasteiger partial charge in [0.05, 0.1) is 17.7 Å². The van der Waals surface area contributed by atoms with E-state index in [0.29, 0.717) is 48.3 Å². The van der Waals surface area contributed by atoms with Crippen molar-refractivity contribution < 1.29 is 13.2 Å². The summed E-state index contributed by atoms with van der Waals surface area (Å²) in [6, 6.07) is 5.63. The molecule has 0 spiro atoms. The lowest BCUT2D eigenvalue weighted by Crippen LogP contribution is -2.26. The molecule has 2 heterocycles. The predicted molar refractivity (Wildman–Crippen MR) is 129 cm³/mol. The quantitative estimate of drug-likeness (QED) is 0.212. The third-order valence-electron chi connectivity index (χ3n) is 4.16. The number of halogens is 4. The van der Waals surface area contributed by atoms with E-state index in [2.05, 4.69) is 37.2 Å². The highest BCUT2D eigenvalue weighted by molar-refractivity contribution is 6.33. The van der Waals surface area contributed by atoms with Gasteiger partial charge in [0, 0.05) is 32.0 Å². The van der Waals surface area contributed by atoms with Gasteiger partial charge < -0.3 is 10.6 Å². The van der Waals surface area contributed by atoms with Gasteiger partial charge in [-0.3, -0.25) is 9.98 Å². The van der Waals surface area contributed by atoms with Gasteiger partial charge in [-0.05, 0) is 31.6 Å². The van der Waals surface area contributed by atoms with E-state index in [9.17, 15) is 13.2 Å². The molecule has 0 saturated carbocycles. The van der Waals surface area contributed by atoms with Crippen molar-refractivity contribution in [3.63, 3.8) is 0 Å². The summed E-state index contributed by atoms with van der Waals surface area (Å²) in [6.07, 6.45) is -0.0131. The van der Waals surface area contributed by atoms with Gasteiger partial charge >= 0.3 is 6.18 Å². The van der Waals surface area contributed by atoms with Crippen molar-refractivity contribution in [2.45, 2.75) is 39.8 Å². The lowest BCUT2D eigenvalue weighted by molar-refractivity contribution is -0.0880. The summed E-state index contributed by atoms with van der Waals surface area (Å²) in [7, 11) is 1.42. The molecule has 2 N–H and O–H groups in total. The van der Waals surface area contributed by atoms with Crippen LogP contribution in [0.1, 0.15) is 37.5 Å². The van der Waals surface area contributed by atoms with Gasteiger partial charge in [0.1, 0.15) is 22.5 Å². The van der Waals surface area contributed by atoms with E-state index in [0.717, 1.165) is 17.8 Å². The number of aromatic nitrogens is 3. The first kappa shape index (κ1) is 28.1. The van der Waals surface area contributed by atoms with Crippen LogP contribution < -0.4 is 10.6 Å². The van der Waals surface area contributed by atoms with Crippen molar-refractivity contribution in [2.75, 3.05) is 25.5 Å². The number of nitrogens with one attached hydrogen (secondary N) is 2. The zero-order valence-electron chi connectivity index (χ0n) is 19.3. The largest absolute Gasteiger partial charge is 0.416 e. The molecule has 33 heavy (non-hydrogen) atoms. The molecule has 180 valence electrons. The highest BCUT2D eigenvalue weighted by Gasteiger charge is 2.31. The van der Waals surface area contributed by atoms with Gasteiger partial charge in [0.2, 0.25) is 0 Å². The van der Waals surface area contributed by atoms with Crippen molar-refractivity contribution in [1.29, 1.82) is 0 Å². The number of rotatable bonds is 9. The van der Waals surface area contributed by atoms with E-state index in [1.807, 2.05) is 32.0 Å². The molecular formula is C23H30ClF3N6. The molecule has 2 rings (SSSR count). The molecule has 0 radical (unpaired) electrons. The standard InChI is InChI=1S/C21H24ClF3N6.C2H6/c1-4-15(21(23,24)25)12-17(26-3)28-10-7-11-29-20-19(22)14(2)30-18(31-20)13-16-8-5-6-9-27-16;1-2/h4-6,8-9,12H,1,7,10-11,13H2,2-3H3,(H,26,28)(H,29,30,31);1-2H3/b15-12+;. The minimum atomic E-state index is -4.48. The van der Waals surface area contributed by atoms with Crippen LogP contribution in [0.5, 0.6) is 0 Å². The Morgan fingerprint density at radius 3 is 2.52 bits per heavy atom. The van der Waals surface area contributed by atoms with Crippen molar-refractivity contribution in [2.24, 2.45) is 4.99 Å². The number of hydrogen-bond acceptors (Lipinski definition) is 5. The first-order valence-electron chi connectivity index (χ1n) is 10.5. The molecule has 0 unspecified atom stereocenters. The summed E-state index contributed by atoms with van der Waals surface area (Å²) in [5.41, 5.74) is 0.636. The average molecular weight is 483 g/mol. The lowest BCUT2D eigenvalue weighted by atomic mass is 10.2. The molecule has 0 aliphatic carbocycles. The van der Waals surface area contributed by atoms with Crippen LogP contribution in [0.4, 0.5) is 19.0 Å². The predicted octanol–water partition coefficient (Wildman–Crippen LogP) is 5.55. The molecule has 6 nitrogen and oxygen atoms in total. The number of aliphatic imine (C=N–C) groups is 1. The molecule has 2 aromatic heterocycles. The fraction of sp³-hybridized carbons (Fsp3) is 0.391. The van der Waals surface area contributed by atoms with Gasteiger partial charge in [-0.15, -0.1) is 0 Å². The number of alkyl halides is 3. The Morgan fingerprint density at radius 2 is 1.94 bits per heavy atom. The summed E-state index contributed by atoms with van der Waals surface area (Å²) >= 11 is 6.31. The van der Waals surface area contributed by atoms with Gasteiger partial charge in [-0.2, -0.15) is 13.2 Å². The van der Waals surface area contributed by atoms with E-state index < -0.39 is 11.7 Å². The molecule has 0 atom stereocenters. The van der Waals surface area contributed by atoms with Crippen LogP contribution in [0.2, 0.25) is 5.02 Å². The maximum Gasteiger partial charge on any atom is 0.416 e.